The van der Waals surface area contributed by atoms with Gasteiger partial charge < -0.3 is 36.8 Å². The van der Waals surface area contributed by atoms with E-state index in [1.807, 2.05) is 0 Å². The van der Waals surface area contributed by atoms with Crippen LogP contribution in [-0.2, 0) is 31.2 Å². The van der Waals surface area contributed by atoms with Gasteiger partial charge in [0.25, 0.3) is 0 Å². The number of carbonyl (C=O) groups excluding carboxylic acids is 2. The van der Waals surface area contributed by atoms with E-state index in [-0.39, 0.29) is 27.1 Å². The molecule has 0 spiro atoms. The lowest BCUT2D eigenvalue weighted by molar-refractivity contribution is -0.170. The van der Waals surface area contributed by atoms with E-state index in [1.165, 1.54) is 218 Å². The van der Waals surface area contributed by atoms with Crippen LogP contribution in [0.5, 0.6) is 0 Å². The van der Waals surface area contributed by atoms with E-state index < -0.39 is 0 Å². The molecule has 16 saturated carbocycles. The first-order chi connectivity index (χ1) is 51.2. The number of carbonyl (C=O) groups is 2. The Kier molecular flexibility index (Phi) is 19.0. The summed E-state index contributed by atoms with van der Waals surface area (Å²) in [6.07, 6.45) is 41.5. The number of piperidine rings is 3. The molecule has 0 aromatic heterocycles. The molecule has 21 fully saturated rings. The minimum atomic E-state index is -0.134. The van der Waals surface area contributed by atoms with Gasteiger partial charge in [-0.05, 0) is 350 Å². The highest BCUT2D eigenvalue weighted by Crippen LogP contribution is 2.75. The summed E-state index contributed by atoms with van der Waals surface area (Å²) >= 11 is 0. The second-order valence-electron chi connectivity index (χ2n) is 44.5. The van der Waals surface area contributed by atoms with Crippen LogP contribution in [0.15, 0.2) is 121 Å². The largest absolute Gasteiger partial charge is 0.351 e. The molecule has 5 saturated heterocycles. The lowest BCUT2D eigenvalue weighted by atomic mass is 9.38. The molecule has 580 valence electrons. The molecule has 4 aromatic rings. The van der Waals surface area contributed by atoms with Crippen LogP contribution < -0.4 is 22.1 Å². The summed E-state index contributed by atoms with van der Waals surface area (Å²) in [5, 5.41) is 7.11. The third-order valence-corrected chi connectivity index (χ3v) is 34.0. The predicted octanol–water partition coefficient (Wildman–Crippen LogP) is 17.7. The molecule has 19 atom stereocenters. The van der Waals surface area contributed by atoms with Crippen molar-refractivity contribution in [2.45, 2.75) is 293 Å². The summed E-state index contributed by atoms with van der Waals surface area (Å²) in [6, 6.07) is 47.2. The quantitative estimate of drug-likeness (QED) is 0.117. The normalized spacial score (nSPS) is 44.6. The summed E-state index contributed by atoms with van der Waals surface area (Å²) in [7, 11) is 0. The SMILES string of the molecule is CC12CC3CC(CN4CCC(N)C(C)(C)C4)(C1)CC(c1ccccc1)(C3)C2.CC12CC3CC(CN4CCC(N)CC4)(C1)CC(c1ccccc1)(C3)C2.C[C@]12CC3CC(C(=O)N4CCCNCC4)(C1)C[C@@](c1ccccc1)(C3)C2.C[C@]12CC3CC(C(=O)N[C@@H]4CCCN5CCC[C@H]45)(C1)C[C@@](c1ccccc1)(C3)C2. The average molecular weight is 1450 g/mol. The first-order valence-electron chi connectivity index (χ1n) is 44.5. The Hall–Kier alpha value is -4.42. The number of fused-ring (bicyclic) bond motifs is 1. The Morgan fingerprint density at radius 2 is 0.841 bits per heavy atom. The van der Waals surface area contributed by atoms with Crippen LogP contribution in [0, 0.1) is 72.4 Å². The van der Waals surface area contributed by atoms with Gasteiger partial charge >= 0.3 is 0 Å². The van der Waals surface area contributed by atoms with Gasteiger partial charge in [0, 0.05) is 63.4 Å². The second-order valence-corrected chi connectivity index (χ2v) is 44.5. The maximum Gasteiger partial charge on any atom is 0.228 e. The zero-order valence-electron chi connectivity index (χ0n) is 67.5. The molecule has 10 nitrogen and oxygen atoms in total. The first-order valence-corrected chi connectivity index (χ1v) is 44.5. The Labute approximate surface area is 646 Å². The van der Waals surface area contributed by atoms with Crippen LogP contribution in [0.2, 0.25) is 0 Å². The van der Waals surface area contributed by atoms with E-state index >= 15 is 0 Å². The van der Waals surface area contributed by atoms with Crippen molar-refractivity contribution < 1.29 is 9.59 Å². The fraction of sp³-hybridized carbons (Fsp3) is 0.732. The smallest absolute Gasteiger partial charge is 0.228 e. The van der Waals surface area contributed by atoms with Crippen LogP contribution in [0.3, 0.4) is 0 Å². The fourth-order valence-electron chi connectivity index (χ4n) is 33.3. The van der Waals surface area contributed by atoms with Crippen molar-refractivity contribution in [1.82, 2.24) is 30.2 Å². The maximum atomic E-state index is 13.9. The van der Waals surface area contributed by atoms with Crippen LogP contribution in [0.1, 0.15) is 269 Å². The molecule has 0 radical (unpaired) electrons. The van der Waals surface area contributed by atoms with Gasteiger partial charge in [-0.2, -0.15) is 0 Å². The van der Waals surface area contributed by atoms with Gasteiger partial charge in [-0.25, -0.2) is 0 Å². The summed E-state index contributed by atoms with van der Waals surface area (Å²) in [6.45, 7) is 28.7. The van der Waals surface area contributed by atoms with Gasteiger partial charge in [-0.1, -0.05) is 163 Å². The number of hydrogen-bond acceptors (Lipinski definition) is 8. The minimum Gasteiger partial charge on any atom is -0.351 e. The monoisotopic (exact) mass is 1450 g/mol. The number of rotatable bonds is 11. The highest BCUT2D eigenvalue weighted by atomic mass is 16.2. The molecular formula is C97H140N8O2. The van der Waals surface area contributed by atoms with Crippen LogP contribution in [0.25, 0.3) is 0 Å². The van der Waals surface area contributed by atoms with Crippen molar-refractivity contribution in [2.24, 2.45) is 83.9 Å². The van der Waals surface area contributed by atoms with Crippen molar-refractivity contribution in [1.29, 1.82) is 0 Å². The molecule has 107 heavy (non-hydrogen) atoms. The Balaban J connectivity index is 0.000000101. The molecule has 16 bridgehead atoms. The molecule has 6 N–H and O–H groups in total. The van der Waals surface area contributed by atoms with Crippen molar-refractivity contribution in [2.75, 3.05) is 78.5 Å². The van der Waals surface area contributed by atoms with Crippen molar-refractivity contribution in [3.8, 4) is 0 Å². The first kappa shape index (κ1) is 74.0. The van der Waals surface area contributed by atoms with E-state index in [0.29, 0.717) is 79.3 Å². The summed E-state index contributed by atoms with van der Waals surface area (Å²) in [5.41, 5.74) is 23.1. The van der Waals surface area contributed by atoms with Crippen molar-refractivity contribution in [3.63, 3.8) is 0 Å². The van der Waals surface area contributed by atoms with E-state index in [9.17, 15) is 9.59 Å². The molecule has 16 aliphatic carbocycles. The Morgan fingerprint density at radius 1 is 0.411 bits per heavy atom. The lowest BCUT2D eigenvalue weighted by Gasteiger charge is -2.67. The zero-order chi connectivity index (χ0) is 73.6. The number of benzene rings is 4. The number of hydrogen-bond donors (Lipinski definition) is 4. The highest BCUT2D eigenvalue weighted by molar-refractivity contribution is 5.85. The lowest BCUT2D eigenvalue weighted by Crippen LogP contribution is -2.64. The molecule has 25 rings (SSSR count). The van der Waals surface area contributed by atoms with E-state index in [2.05, 4.69) is 193 Å². The minimum absolute atomic E-state index is 0.103. The molecule has 10 heteroatoms. The third-order valence-electron chi connectivity index (χ3n) is 34.0. The van der Waals surface area contributed by atoms with Gasteiger partial charge in [0.15, 0.2) is 0 Å². The number of likely N-dealkylation sites (tertiary alicyclic amines) is 2. The molecule has 4 aromatic carbocycles. The summed E-state index contributed by atoms with van der Waals surface area (Å²) in [4.78, 5) is 38.2. The highest BCUT2D eigenvalue weighted by Gasteiger charge is 2.68. The molecule has 21 aliphatic rings. The molecular weight excluding hydrogens is 1310 g/mol. The number of amides is 2. The van der Waals surface area contributed by atoms with Gasteiger partial charge in [-0.3, -0.25) is 14.5 Å². The number of nitrogens with zero attached hydrogens (tertiary/aromatic N) is 4. The third kappa shape index (κ3) is 14.0. The fourth-order valence-corrected chi connectivity index (χ4v) is 33.3. The number of nitrogens with one attached hydrogen (secondary N) is 2. The zero-order valence-corrected chi connectivity index (χ0v) is 67.5. The van der Waals surface area contributed by atoms with Gasteiger partial charge in [0.1, 0.15) is 0 Å². The molecule has 5 heterocycles. The van der Waals surface area contributed by atoms with Crippen LogP contribution in [0.4, 0.5) is 0 Å². The summed E-state index contributed by atoms with van der Waals surface area (Å²) < 4.78 is 0. The van der Waals surface area contributed by atoms with Gasteiger partial charge in [0.2, 0.25) is 11.8 Å². The molecule has 5 aliphatic heterocycles. The van der Waals surface area contributed by atoms with Gasteiger partial charge in [-0.15, -0.1) is 0 Å². The number of nitrogens with two attached hydrogens (primary N) is 2. The van der Waals surface area contributed by atoms with Crippen molar-refractivity contribution >= 4 is 11.8 Å². The van der Waals surface area contributed by atoms with E-state index in [0.717, 1.165) is 101 Å². The van der Waals surface area contributed by atoms with Crippen molar-refractivity contribution in [3.05, 3.63) is 144 Å². The average Bonchev–Trinajstić information content (AvgIpc) is 1.03. The van der Waals surface area contributed by atoms with Crippen LogP contribution >= 0.6 is 0 Å². The Bertz CT molecular complexity index is 3840. The topological polar surface area (TPSA) is 123 Å². The molecule has 13 unspecified atom stereocenters. The second kappa shape index (κ2) is 27.4. The van der Waals surface area contributed by atoms with Crippen LogP contribution in [-0.4, -0.2) is 134 Å². The predicted molar refractivity (Wildman–Crippen MR) is 436 cm³/mol. The summed E-state index contributed by atoms with van der Waals surface area (Å²) in [5.74, 6) is 4.23. The maximum absolute atomic E-state index is 13.9. The van der Waals surface area contributed by atoms with E-state index in [4.69, 9.17) is 11.5 Å². The van der Waals surface area contributed by atoms with E-state index in [1.54, 1.807) is 11.1 Å². The molecule has 2 amide bonds. The standard InChI is InChI=1S/C26H36N2O.C25H38N2.C23H32N2O.C23H34N2/c1-24-13-19-14-25(16-24,20-7-3-2-4-8-20)18-26(15-19,17-24)23(29)27-21-9-5-11-28-12-6-10-22(21)28;1-22(2)17-27(10-9-21(22)26)18-24-12-19-11-23(3,14-24)15-25(13-19,16-24)20-7-5-4-6-8-20;1-21-12-18-13-22(15-21,19-6-3-2-4-7-19)17-23(14-18,16-21)20(26)25-10-5-8-24-9-11-25;1-21-11-18-12-22(14-21,17-25-9-7-20(24)8-10-25)16-23(13-18,15-21)19-5-3-2-4-6-19/h2-4,7-8,19,21-22H,5-6,9-18H2,1H3,(H,27,29);4-8,19,21H,9-18,26H2,1-3H3;2-4,6-7,18,24H,5,8-17H2,1H3;2-6,18,20H,7-17,24H2,1H3/t19?,21-,22-,24-,25-,26?;;18?,21-,22-,23?;/m1.1./s1. The Morgan fingerprint density at radius 3 is 1.33 bits per heavy atom. The van der Waals surface area contributed by atoms with Gasteiger partial charge in [0.05, 0.1) is 10.8 Å².